The predicted octanol–water partition coefficient (Wildman–Crippen LogP) is 14.2. The molecule has 2 aliphatic carbocycles. The summed E-state index contributed by atoms with van der Waals surface area (Å²) in [5.74, 6) is 3.40. The van der Waals surface area contributed by atoms with Crippen molar-refractivity contribution in [2.75, 3.05) is 0 Å². The third-order valence-corrected chi connectivity index (χ3v) is 12.1. The number of benzene rings is 7. The molecule has 0 N–H and O–H groups in total. The number of amidine groups is 2. The van der Waals surface area contributed by atoms with Crippen molar-refractivity contribution in [3.63, 3.8) is 0 Å². The number of rotatable bonds is 7. The highest BCUT2D eigenvalue weighted by Gasteiger charge is 2.31. The number of nitrogens with zero attached hydrogens (tertiary/aromatic N) is 3. The number of fused-ring (bicyclic) bond motifs is 8. The van der Waals surface area contributed by atoms with Gasteiger partial charge in [0.25, 0.3) is 0 Å². The van der Waals surface area contributed by atoms with Gasteiger partial charge in [-0.25, -0.2) is 9.98 Å². The van der Waals surface area contributed by atoms with Crippen LogP contribution in [0.5, 0.6) is 5.75 Å². The molecular weight excluding hydrogens is 747 g/mol. The smallest absolute Gasteiger partial charge is 0.160 e. The summed E-state index contributed by atoms with van der Waals surface area (Å²) < 4.78 is 13.2. The summed E-state index contributed by atoms with van der Waals surface area (Å²) in [5, 5.41) is 4.25. The molecule has 0 saturated heterocycles. The molecule has 8 aromatic rings. The van der Waals surface area contributed by atoms with Gasteiger partial charge in [0.2, 0.25) is 0 Å². The molecule has 11 rings (SSSR count). The molecule has 1 aromatic heterocycles. The zero-order valence-electron chi connectivity index (χ0n) is 33.6. The molecule has 3 aliphatic rings. The fourth-order valence-electron chi connectivity index (χ4n) is 8.92. The van der Waals surface area contributed by atoms with Crippen molar-refractivity contribution < 1.29 is 9.15 Å². The van der Waals surface area contributed by atoms with Gasteiger partial charge in [-0.2, -0.15) is 0 Å². The molecule has 0 amide bonds. The Kier molecular flexibility index (Phi) is 9.27. The quantitative estimate of drug-likeness (QED) is 0.119. The predicted molar refractivity (Wildman–Crippen MR) is 253 cm³/mol. The van der Waals surface area contributed by atoms with Gasteiger partial charge in [-0.05, 0) is 101 Å². The number of hydrogen-bond donors (Lipinski definition) is 0. The molecule has 5 nitrogen and oxygen atoms in total. The van der Waals surface area contributed by atoms with Gasteiger partial charge < -0.3 is 9.15 Å². The molecule has 0 bridgehead atoms. The van der Waals surface area contributed by atoms with Gasteiger partial charge in [0.05, 0.1) is 6.54 Å². The molecule has 0 radical (unpaired) electrons. The van der Waals surface area contributed by atoms with Gasteiger partial charge >= 0.3 is 0 Å². The molecule has 1 unspecified atom stereocenters. The van der Waals surface area contributed by atoms with Crippen LogP contribution in [0.4, 0.5) is 0 Å². The molecular formula is C56H41N3O2. The maximum atomic E-state index is 6.92. The first kappa shape index (κ1) is 36.4. The van der Waals surface area contributed by atoms with Crippen molar-refractivity contribution in [1.29, 1.82) is 0 Å². The maximum absolute atomic E-state index is 6.92. The lowest BCUT2D eigenvalue weighted by Gasteiger charge is -2.16. The van der Waals surface area contributed by atoms with Gasteiger partial charge in [0.15, 0.2) is 11.7 Å². The Hall–Kier alpha value is -7.63. The average Bonchev–Trinajstić information content (AvgIpc) is 3.90. The van der Waals surface area contributed by atoms with E-state index in [2.05, 4.69) is 182 Å². The Morgan fingerprint density at radius 1 is 0.639 bits per heavy atom. The van der Waals surface area contributed by atoms with Gasteiger partial charge in [0, 0.05) is 44.3 Å². The number of ether oxygens (including phenoxy) is 1. The summed E-state index contributed by atoms with van der Waals surface area (Å²) in [7, 11) is 0. The van der Waals surface area contributed by atoms with Crippen LogP contribution in [-0.4, -0.2) is 18.4 Å². The lowest BCUT2D eigenvalue weighted by Crippen LogP contribution is -2.07. The third kappa shape index (κ3) is 6.84. The monoisotopic (exact) mass is 787 g/mol. The standard InChI is InChI=1S/C56H41N3O2/c1-57-55(40-16-6-3-7-17-40)59-56(58-35-36-23-25-38(26-24-36)42-28-29-47-46-21-10-11-22-51(46)60-52(47)34-42)44-32-49(43-19-12-18-41(31-43)37-13-4-2-5-14-37)54-50(33-44)48-30-27-39-15-8-9-20-45(39)53(48)61-54/h2,4-6,8-28,30-34,47H,1,3,7,29,35H2. The molecule has 0 spiro atoms. The molecule has 7 aromatic carbocycles. The Bertz CT molecular complexity index is 3230. The summed E-state index contributed by atoms with van der Waals surface area (Å²) in [6, 6.07) is 53.3. The first-order valence-corrected chi connectivity index (χ1v) is 21.0. The summed E-state index contributed by atoms with van der Waals surface area (Å²) in [6.45, 7) is 4.38. The van der Waals surface area contributed by atoms with E-state index >= 15 is 0 Å². The molecule has 1 aliphatic heterocycles. The highest BCUT2D eigenvalue weighted by Crippen LogP contribution is 2.46. The number of hydrogen-bond acceptors (Lipinski definition) is 3. The van der Waals surface area contributed by atoms with Crippen LogP contribution in [-0.2, 0) is 6.54 Å². The van der Waals surface area contributed by atoms with Crippen LogP contribution in [0, 0.1) is 0 Å². The number of aliphatic imine (C=N–C) groups is 3. The molecule has 5 heteroatoms. The maximum Gasteiger partial charge on any atom is 0.160 e. The van der Waals surface area contributed by atoms with Crippen LogP contribution < -0.4 is 4.74 Å². The summed E-state index contributed by atoms with van der Waals surface area (Å²) in [4.78, 5) is 15.0. The van der Waals surface area contributed by atoms with Crippen molar-refractivity contribution >= 4 is 56.7 Å². The molecule has 61 heavy (non-hydrogen) atoms. The van der Waals surface area contributed by atoms with Crippen LogP contribution >= 0.6 is 0 Å². The Morgan fingerprint density at radius 3 is 2.33 bits per heavy atom. The molecule has 0 saturated carbocycles. The zero-order chi connectivity index (χ0) is 40.7. The van der Waals surface area contributed by atoms with E-state index in [0.29, 0.717) is 18.2 Å². The number of para-hydroxylation sites is 1. The average molecular weight is 788 g/mol. The van der Waals surface area contributed by atoms with Crippen molar-refractivity contribution in [3.8, 4) is 28.0 Å². The van der Waals surface area contributed by atoms with Gasteiger partial charge in [-0.1, -0.05) is 146 Å². The van der Waals surface area contributed by atoms with Gasteiger partial charge in [-0.15, -0.1) is 0 Å². The first-order chi connectivity index (χ1) is 30.2. The second kappa shape index (κ2) is 15.5. The minimum absolute atomic E-state index is 0.286. The minimum atomic E-state index is 0.286. The molecule has 2 heterocycles. The number of allylic oxidation sites excluding steroid dienone is 6. The Morgan fingerprint density at radius 2 is 1.46 bits per heavy atom. The fourth-order valence-corrected chi connectivity index (χ4v) is 8.92. The molecule has 0 fully saturated rings. The largest absolute Gasteiger partial charge is 0.461 e. The van der Waals surface area contributed by atoms with E-state index in [1.165, 1.54) is 11.1 Å². The van der Waals surface area contributed by atoms with E-state index < -0.39 is 0 Å². The fraction of sp³-hybridized carbons (Fsp3) is 0.0893. The van der Waals surface area contributed by atoms with Gasteiger partial charge in [0.1, 0.15) is 22.7 Å². The van der Waals surface area contributed by atoms with Gasteiger partial charge in [-0.3, -0.25) is 4.99 Å². The van der Waals surface area contributed by atoms with Crippen molar-refractivity contribution in [1.82, 2.24) is 0 Å². The topological polar surface area (TPSA) is 59.5 Å². The summed E-state index contributed by atoms with van der Waals surface area (Å²) in [5.41, 5.74) is 12.5. The molecule has 292 valence electrons. The highest BCUT2D eigenvalue weighted by atomic mass is 16.5. The minimum Gasteiger partial charge on any atom is -0.461 e. The summed E-state index contributed by atoms with van der Waals surface area (Å²) in [6.07, 6.45) is 13.8. The van der Waals surface area contributed by atoms with Crippen LogP contribution in [0.3, 0.4) is 0 Å². The Balaban J connectivity index is 1.03. The van der Waals surface area contributed by atoms with Crippen molar-refractivity contribution in [2.24, 2.45) is 15.0 Å². The van der Waals surface area contributed by atoms with Crippen molar-refractivity contribution in [2.45, 2.75) is 31.7 Å². The lowest BCUT2D eigenvalue weighted by atomic mass is 9.88. The highest BCUT2D eigenvalue weighted by molar-refractivity contribution is 6.20. The lowest BCUT2D eigenvalue weighted by molar-refractivity contribution is 0.426. The van der Waals surface area contributed by atoms with Crippen molar-refractivity contribution in [3.05, 3.63) is 216 Å². The third-order valence-electron chi connectivity index (χ3n) is 12.1. The van der Waals surface area contributed by atoms with E-state index in [0.717, 1.165) is 108 Å². The second-order valence-corrected chi connectivity index (χ2v) is 15.8. The van der Waals surface area contributed by atoms with Crippen LogP contribution in [0.1, 0.15) is 47.4 Å². The van der Waals surface area contributed by atoms with E-state index in [1.54, 1.807) is 0 Å². The van der Waals surface area contributed by atoms with E-state index in [4.69, 9.17) is 19.1 Å². The van der Waals surface area contributed by atoms with E-state index in [1.807, 2.05) is 12.1 Å². The normalized spacial score (nSPS) is 16.2. The molecule has 1 atom stereocenters. The van der Waals surface area contributed by atoms with Crippen LogP contribution in [0.2, 0.25) is 0 Å². The first-order valence-electron chi connectivity index (χ1n) is 21.0. The van der Waals surface area contributed by atoms with E-state index in [-0.39, 0.29) is 5.92 Å². The zero-order valence-corrected chi connectivity index (χ0v) is 33.6. The SMILES string of the molecule is C=NC(=NC(=NCc1ccc(C2=CCC3C(=C2)Oc2ccccc23)cc1)c1cc(-c2cccc(-c3ccccc3)c2)c2oc3c4ccccc4ccc3c2c1)C1=CCCC=C1. The summed E-state index contributed by atoms with van der Waals surface area (Å²) >= 11 is 0. The van der Waals surface area contributed by atoms with Crippen LogP contribution in [0.15, 0.2) is 213 Å². The van der Waals surface area contributed by atoms with Crippen LogP contribution in [0.25, 0.3) is 60.5 Å². The Labute approximate surface area is 354 Å². The van der Waals surface area contributed by atoms with E-state index in [9.17, 15) is 0 Å². The number of furan rings is 1. The second-order valence-electron chi connectivity index (χ2n) is 15.8.